The van der Waals surface area contributed by atoms with Gasteiger partial charge in [0, 0.05) is 6.08 Å². The number of fused-ring (bicyclic) bond motifs is 2. The van der Waals surface area contributed by atoms with Crippen LogP contribution in [0.1, 0.15) is 41.6 Å². The molecule has 3 aliphatic rings. The van der Waals surface area contributed by atoms with Crippen LogP contribution in [0.5, 0.6) is 11.5 Å². The molecule has 2 N–H and O–H groups in total. The second-order valence-corrected chi connectivity index (χ2v) is 7.91. The molecule has 0 heterocycles. The van der Waals surface area contributed by atoms with Crippen molar-refractivity contribution in [3.05, 3.63) is 59.7 Å². The van der Waals surface area contributed by atoms with Crippen LogP contribution in [0.3, 0.4) is 0 Å². The van der Waals surface area contributed by atoms with E-state index in [2.05, 4.69) is 5.32 Å². The van der Waals surface area contributed by atoms with Gasteiger partial charge in [-0.2, -0.15) is 0 Å². The van der Waals surface area contributed by atoms with Crippen molar-refractivity contribution >= 4 is 23.6 Å². The smallest absolute Gasteiger partial charge is 0.337 e. The summed E-state index contributed by atoms with van der Waals surface area (Å²) >= 11 is 0. The number of benzene rings is 2. The number of hydrogen-bond acceptors (Lipinski definition) is 4. The third kappa shape index (κ3) is 4.32. The zero-order valence-corrected chi connectivity index (χ0v) is 16.8. The quantitative estimate of drug-likeness (QED) is 0.655. The van der Waals surface area contributed by atoms with Crippen molar-refractivity contribution in [2.45, 2.75) is 31.8 Å². The molecule has 0 aromatic heterocycles. The maximum atomic E-state index is 12.2. The van der Waals surface area contributed by atoms with Crippen molar-refractivity contribution < 1.29 is 24.2 Å². The minimum atomic E-state index is -1.09. The number of carbonyl (C=O) groups excluding carboxylic acids is 1. The minimum absolute atomic E-state index is 0.0444. The first-order chi connectivity index (χ1) is 14.5. The number of rotatable bonds is 7. The highest BCUT2D eigenvalue weighted by Crippen LogP contribution is 2.47. The molecule has 6 nitrogen and oxygen atoms in total. The van der Waals surface area contributed by atoms with Gasteiger partial charge < -0.3 is 19.9 Å². The molecule has 3 aliphatic carbocycles. The Bertz CT molecular complexity index is 975. The van der Waals surface area contributed by atoms with Gasteiger partial charge in [0.15, 0.2) is 11.5 Å². The minimum Gasteiger partial charge on any atom is -0.493 e. The van der Waals surface area contributed by atoms with Gasteiger partial charge in [-0.15, -0.1) is 0 Å². The van der Waals surface area contributed by atoms with E-state index in [1.165, 1.54) is 31.4 Å². The van der Waals surface area contributed by atoms with Crippen molar-refractivity contribution in [2.75, 3.05) is 12.4 Å². The Morgan fingerprint density at radius 1 is 1.10 bits per heavy atom. The molecule has 156 valence electrons. The van der Waals surface area contributed by atoms with Crippen molar-refractivity contribution in [1.29, 1.82) is 0 Å². The summed E-state index contributed by atoms with van der Waals surface area (Å²) in [5, 5.41) is 11.8. The number of carboxylic acid groups (broad SMARTS) is 1. The lowest BCUT2D eigenvalue weighted by Crippen LogP contribution is -2.42. The fourth-order valence-corrected chi connectivity index (χ4v) is 4.29. The second-order valence-electron chi connectivity index (χ2n) is 7.91. The van der Waals surface area contributed by atoms with Gasteiger partial charge >= 0.3 is 5.97 Å². The third-order valence-corrected chi connectivity index (χ3v) is 5.97. The average Bonchev–Trinajstić information content (AvgIpc) is 2.72. The second kappa shape index (κ2) is 8.61. The van der Waals surface area contributed by atoms with Crippen LogP contribution in [0, 0.1) is 11.8 Å². The Labute approximate surface area is 175 Å². The Morgan fingerprint density at radius 3 is 2.60 bits per heavy atom. The summed E-state index contributed by atoms with van der Waals surface area (Å²) in [6.07, 6.45) is 8.15. The van der Waals surface area contributed by atoms with E-state index >= 15 is 0 Å². The summed E-state index contributed by atoms with van der Waals surface area (Å²) < 4.78 is 11.7. The molecule has 0 aliphatic heterocycles. The molecule has 3 fully saturated rings. The molecule has 0 spiro atoms. The summed E-state index contributed by atoms with van der Waals surface area (Å²) in [7, 11) is 1.60. The number of nitrogens with one attached hydrogen (secondary N) is 1. The number of para-hydroxylation sites is 1. The van der Waals surface area contributed by atoms with Gasteiger partial charge in [0.05, 0.1) is 18.4 Å². The monoisotopic (exact) mass is 407 g/mol. The maximum Gasteiger partial charge on any atom is 0.337 e. The van der Waals surface area contributed by atoms with E-state index < -0.39 is 11.9 Å². The number of carbonyl (C=O) groups is 2. The molecule has 1 unspecified atom stereocenters. The number of amides is 1. The van der Waals surface area contributed by atoms with E-state index in [4.69, 9.17) is 9.47 Å². The number of hydrogen-bond donors (Lipinski definition) is 2. The van der Waals surface area contributed by atoms with E-state index in [0.29, 0.717) is 11.7 Å². The fourth-order valence-electron chi connectivity index (χ4n) is 4.29. The van der Waals surface area contributed by atoms with Crippen LogP contribution >= 0.6 is 0 Å². The molecular weight excluding hydrogens is 382 g/mol. The summed E-state index contributed by atoms with van der Waals surface area (Å²) in [4.78, 5) is 23.5. The molecule has 2 bridgehead atoms. The lowest BCUT2D eigenvalue weighted by atomic mass is 9.64. The van der Waals surface area contributed by atoms with Crippen LogP contribution in [0.4, 0.5) is 5.69 Å². The van der Waals surface area contributed by atoms with E-state index in [1.54, 1.807) is 31.4 Å². The molecule has 1 amide bonds. The standard InChI is InChI=1S/C24H25NO5/c1-29-22-14-15(6-10-21(22)30-20-9-7-16-12-17(20)13-16)8-11-23(26)25-19-5-3-2-4-18(19)24(27)28/h2-6,8,10-11,14,16-17,20H,7,9,12-13H2,1H3,(H,25,26)(H,27,28)/b11-8+. The predicted molar refractivity (Wildman–Crippen MR) is 114 cm³/mol. The van der Waals surface area contributed by atoms with Crippen molar-refractivity contribution in [3.63, 3.8) is 0 Å². The Morgan fingerprint density at radius 2 is 1.90 bits per heavy atom. The predicted octanol–water partition coefficient (Wildman–Crippen LogP) is 4.61. The average molecular weight is 407 g/mol. The van der Waals surface area contributed by atoms with Gasteiger partial charge in [-0.1, -0.05) is 18.2 Å². The van der Waals surface area contributed by atoms with Crippen LogP contribution in [-0.2, 0) is 4.79 Å². The first kappa shape index (κ1) is 20.0. The fraction of sp³-hybridized carbons (Fsp3) is 0.333. The zero-order chi connectivity index (χ0) is 21.1. The van der Waals surface area contributed by atoms with Gasteiger partial charge in [0.25, 0.3) is 0 Å². The number of carboxylic acids is 1. The third-order valence-electron chi connectivity index (χ3n) is 5.97. The normalized spacial score (nSPS) is 22.2. The van der Waals surface area contributed by atoms with Crippen LogP contribution in [0.15, 0.2) is 48.5 Å². The lowest BCUT2D eigenvalue weighted by molar-refractivity contribution is -0.111. The Hall–Kier alpha value is -3.28. The molecule has 1 atom stereocenters. The summed E-state index contributed by atoms with van der Waals surface area (Å²) in [5.74, 6) is 1.42. The van der Waals surface area contributed by atoms with Crippen LogP contribution in [-0.4, -0.2) is 30.2 Å². The summed E-state index contributed by atoms with van der Waals surface area (Å²) in [6, 6.07) is 11.9. The molecule has 6 heteroatoms. The van der Waals surface area contributed by atoms with Gasteiger partial charge in [-0.05, 0) is 73.4 Å². The number of anilines is 1. The van der Waals surface area contributed by atoms with E-state index in [-0.39, 0.29) is 17.4 Å². The van der Waals surface area contributed by atoms with E-state index in [0.717, 1.165) is 23.7 Å². The Balaban J connectivity index is 1.42. The highest BCUT2D eigenvalue weighted by molar-refractivity contribution is 6.06. The molecule has 30 heavy (non-hydrogen) atoms. The Kier molecular flexibility index (Phi) is 5.74. The molecule has 2 aromatic carbocycles. The molecule has 5 rings (SSSR count). The number of aromatic carboxylic acids is 1. The van der Waals surface area contributed by atoms with Crippen LogP contribution in [0.25, 0.3) is 6.08 Å². The van der Waals surface area contributed by atoms with Gasteiger partial charge in [-0.3, -0.25) is 4.79 Å². The van der Waals surface area contributed by atoms with Gasteiger partial charge in [0.2, 0.25) is 5.91 Å². The van der Waals surface area contributed by atoms with E-state index in [1.807, 2.05) is 18.2 Å². The number of methoxy groups -OCH3 is 1. The topological polar surface area (TPSA) is 84.9 Å². The van der Waals surface area contributed by atoms with Crippen molar-refractivity contribution in [3.8, 4) is 11.5 Å². The zero-order valence-electron chi connectivity index (χ0n) is 16.8. The first-order valence-electron chi connectivity index (χ1n) is 10.2. The highest BCUT2D eigenvalue weighted by Gasteiger charge is 2.41. The van der Waals surface area contributed by atoms with Crippen LogP contribution < -0.4 is 14.8 Å². The maximum absolute atomic E-state index is 12.2. The van der Waals surface area contributed by atoms with Crippen molar-refractivity contribution in [1.82, 2.24) is 0 Å². The van der Waals surface area contributed by atoms with E-state index in [9.17, 15) is 14.7 Å². The molecule has 0 saturated heterocycles. The molecule has 0 radical (unpaired) electrons. The lowest BCUT2D eigenvalue weighted by Gasteiger charge is -2.46. The summed E-state index contributed by atoms with van der Waals surface area (Å²) in [6.45, 7) is 0. The highest BCUT2D eigenvalue weighted by atomic mass is 16.5. The van der Waals surface area contributed by atoms with Gasteiger partial charge in [-0.25, -0.2) is 4.79 Å². The number of ether oxygens (including phenoxy) is 2. The van der Waals surface area contributed by atoms with Crippen LogP contribution in [0.2, 0.25) is 0 Å². The summed E-state index contributed by atoms with van der Waals surface area (Å²) in [5.41, 5.74) is 1.09. The largest absolute Gasteiger partial charge is 0.493 e. The molecular formula is C24H25NO5. The van der Waals surface area contributed by atoms with Crippen molar-refractivity contribution in [2.24, 2.45) is 11.8 Å². The first-order valence-corrected chi connectivity index (χ1v) is 10.2. The molecule has 3 saturated carbocycles. The SMILES string of the molecule is COc1cc(/C=C/C(=O)Nc2ccccc2C(=O)O)ccc1OC1CCC2CC1C2. The molecule has 2 aromatic rings. The van der Waals surface area contributed by atoms with Gasteiger partial charge in [0.1, 0.15) is 6.10 Å².